The molecule has 1 N–H and O–H groups in total. The van der Waals surface area contributed by atoms with Crippen LogP contribution in [0.4, 0.5) is 5.95 Å². The normalized spacial score (nSPS) is 15.2. The Hall–Kier alpha value is -3.13. The predicted octanol–water partition coefficient (Wildman–Crippen LogP) is 2.08. The number of imidazole rings is 1. The Bertz CT molecular complexity index is 1240. The third-order valence-electron chi connectivity index (χ3n) is 6.06. The van der Waals surface area contributed by atoms with Crippen LogP contribution >= 0.6 is 0 Å². The molecule has 170 valence electrons. The van der Waals surface area contributed by atoms with Crippen LogP contribution in [0.2, 0.25) is 0 Å². The molecule has 3 heterocycles. The summed E-state index contributed by atoms with van der Waals surface area (Å²) < 4.78 is 4.88. The molecule has 0 aliphatic carbocycles. The second-order valence-electron chi connectivity index (χ2n) is 8.77. The molecule has 1 aliphatic rings. The molecule has 8 heteroatoms. The number of nitrogens with zero attached hydrogens (tertiary/aromatic N) is 5. The molecule has 8 nitrogen and oxygen atoms in total. The minimum atomic E-state index is -0.329. The SMILES string of the molecule is CC(C)=CCn1c(N2CCNCC2)nc2c1c(=O)n(C(C)Cc1ccccc1)c(=O)n2C. The molecule has 1 aromatic carbocycles. The summed E-state index contributed by atoms with van der Waals surface area (Å²) in [5.74, 6) is 0.750. The van der Waals surface area contributed by atoms with Crippen LogP contribution in [0.5, 0.6) is 0 Å². The summed E-state index contributed by atoms with van der Waals surface area (Å²) >= 11 is 0. The topological polar surface area (TPSA) is 77.1 Å². The van der Waals surface area contributed by atoms with Crippen molar-refractivity contribution in [2.75, 3.05) is 31.1 Å². The lowest BCUT2D eigenvalue weighted by molar-refractivity contribution is 0.489. The Labute approximate surface area is 187 Å². The highest BCUT2D eigenvalue weighted by Crippen LogP contribution is 2.21. The molecule has 0 spiro atoms. The van der Waals surface area contributed by atoms with E-state index in [1.54, 1.807) is 7.05 Å². The van der Waals surface area contributed by atoms with Crippen LogP contribution in [-0.4, -0.2) is 44.9 Å². The van der Waals surface area contributed by atoms with E-state index in [0.29, 0.717) is 24.1 Å². The van der Waals surface area contributed by atoms with Gasteiger partial charge in [0.15, 0.2) is 11.2 Å². The number of rotatable bonds is 6. The number of hydrogen-bond acceptors (Lipinski definition) is 5. The highest BCUT2D eigenvalue weighted by Gasteiger charge is 2.25. The predicted molar refractivity (Wildman–Crippen MR) is 129 cm³/mol. The van der Waals surface area contributed by atoms with Gasteiger partial charge in [-0.15, -0.1) is 0 Å². The van der Waals surface area contributed by atoms with Gasteiger partial charge >= 0.3 is 5.69 Å². The van der Waals surface area contributed by atoms with Crippen LogP contribution < -0.4 is 21.5 Å². The van der Waals surface area contributed by atoms with Crippen LogP contribution in [0, 0.1) is 0 Å². The molecule has 0 saturated carbocycles. The van der Waals surface area contributed by atoms with Crippen molar-refractivity contribution >= 4 is 17.1 Å². The van der Waals surface area contributed by atoms with Gasteiger partial charge in [-0.05, 0) is 32.8 Å². The molecule has 2 aromatic heterocycles. The Morgan fingerprint density at radius 3 is 2.50 bits per heavy atom. The molecule has 0 bridgehead atoms. The second-order valence-corrected chi connectivity index (χ2v) is 8.77. The van der Waals surface area contributed by atoms with Crippen molar-refractivity contribution in [1.29, 1.82) is 0 Å². The Morgan fingerprint density at radius 2 is 1.84 bits per heavy atom. The molecular weight excluding hydrogens is 404 g/mol. The van der Waals surface area contributed by atoms with Crippen molar-refractivity contribution in [2.45, 2.75) is 39.8 Å². The fraction of sp³-hybridized carbons (Fsp3) is 0.458. The molecular formula is C24H32N6O2. The van der Waals surface area contributed by atoms with E-state index in [1.165, 1.54) is 14.7 Å². The van der Waals surface area contributed by atoms with Gasteiger partial charge in [0, 0.05) is 45.8 Å². The number of anilines is 1. The van der Waals surface area contributed by atoms with E-state index in [4.69, 9.17) is 4.98 Å². The van der Waals surface area contributed by atoms with Crippen molar-refractivity contribution in [3.63, 3.8) is 0 Å². The van der Waals surface area contributed by atoms with Crippen molar-refractivity contribution in [3.8, 4) is 0 Å². The van der Waals surface area contributed by atoms with Gasteiger partial charge in [0.25, 0.3) is 5.56 Å². The maximum absolute atomic E-state index is 13.7. The lowest BCUT2D eigenvalue weighted by Crippen LogP contribution is -2.44. The lowest BCUT2D eigenvalue weighted by atomic mass is 10.1. The highest BCUT2D eigenvalue weighted by molar-refractivity contribution is 5.74. The van der Waals surface area contributed by atoms with E-state index in [-0.39, 0.29) is 17.3 Å². The van der Waals surface area contributed by atoms with E-state index in [9.17, 15) is 9.59 Å². The first kappa shape index (κ1) is 22.1. The fourth-order valence-corrected chi connectivity index (χ4v) is 4.32. The van der Waals surface area contributed by atoms with E-state index in [2.05, 4.69) is 16.3 Å². The van der Waals surface area contributed by atoms with E-state index >= 15 is 0 Å². The third kappa shape index (κ3) is 4.14. The molecule has 0 amide bonds. The third-order valence-corrected chi connectivity index (χ3v) is 6.06. The minimum absolute atomic E-state index is 0.275. The largest absolute Gasteiger partial charge is 0.340 e. The number of hydrogen-bond donors (Lipinski definition) is 1. The van der Waals surface area contributed by atoms with Crippen molar-refractivity contribution < 1.29 is 0 Å². The molecule has 1 aliphatic heterocycles. The first-order valence-corrected chi connectivity index (χ1v) is 11.2. The zero-order valence-electron chi connectivity index (χ0n) is 19.3. The van der Waals surface area contributed by atoms with E-state index < -0.39 is 0 Å². The van der Waals surface area contributed by atoms with E-state index in [1.807, 2.05) is 55.7 Å². The smallest absolute Gasteiger partial charge is 0.332 e. The van der Waals surface area contributed by atoms with Gasteiger partial charge in [-0.1, -0.05) is 42.0 Å². The van der Waals surface area contributed by atoms with Crippen molar-refractivity contribution in [2.24, 2.45) is 7.05 Å². The summed E-state index contributed by atoms with van der Waals surface area (Å²) in [7, 11) is 1.70. The Balaban J connectivity index is 1.90. The van der Waals surface area contributed by atoms with Gasteiger partial charge in [0.05, 0.1) is 0 Å². The summed E-state index contributed by atoms with van der Waals surface area (Å²) in [6, 6.07) is 9.67. The quantitative estimate of drug-likeness (QED) is 0.599. The summed E-state index contributed by atoms with van der Waals surface area (Å²) in [4.78, 5) is 34.0. The second kappa shape index (κ2) is 9.16. The summed E-state index contributed by atoms with van der Waals surface area (Å²) in [5.41, 5.74) is 2.58. The first-order chi connectivity index (χ1) is 15.4. The Kier molecular flexibility index (Phi) is 6.32. The van der Waals surface area contributed by atoms with Gasteiger partial charge in [-0.3, -0.25) is 13.9 Å². The lowest BCUT2D eigenvalue weighted by Gasteiger charge is -2.28. The number of allylic oxidation sites excluding steroid dienone is 2. The average Bonchev–Trinajstić information content (AvgIpc) is 3.17. The van der Waals surface area contributed by atoms with Crippen LogP contribution in [-0.2, 0) is 20.0 Å². The van der Waals surface area contributed by atoms with Crippen LogP contribution in [0.1, 0.15) is 32.4 Å². The molecule has 1 saturated heterocycles. The molecule has 1 fully saturated rings. The number of benzene rings is 1. The van der Waals surface area contributed by atoms with Gasteiger partial charge in [0.2, 0.25) is 5.95 Å². The first-order valence-electron chi connectivity index (χ1n) is 11.2. The standard InChI is InChI=1S/C24H32N6O2/c1-17(2)10-13-29-20-21(26-23(29)28-14-11-25-12-15-28)27(4)24(32)30(22(20)31)18(3)16-19-8-6-5-7-9-19/h5-10,18,25H,11-16H2,1-4H3. The van der Waals surface area contributed by atoms with Crippen LogP contribution in [0.15, 0.2) is 51.6 Å². The van der Waals surface area contributed by atoms with Gasteiger partial charge < -0.3 is 14.8 Å². The summed E-state index contributed by atoms with van der Waals surface area (Å²) in [5, 5.41) is 3.36. The summed E-state index contributed by atoms with van der Waals surface area (Å²) in [6.07, 6.45) is 2.70. The molecule has 4 rings (SSSR count). The molecule has 0 radical (unpaired) electrons. The number of nitrogens with one attached hydrogen (secondary N) is 1. The number of piperazine rings is 1. The maximum atomic E-state index is 13.7. The van der Waals surface area contributed by atoms with Crippen molar-refractivity contribution in [1.82, 2.24) is 24.0 Å². The minimum Gasteiger partial charge on any atom is -0.340 e. The van der Waals surface area contributed by atoms with E-state index in [0.717, 1.165) is 37.7 Å². The molecule has 3 aromatic rings. The van der Waals surface area contributed by atoms with Gasteiger partial charge in [-0.2, -0.15) is 4.98 Å². The summed E-state index contributed by atoms with van der Waals surface area (Å²) in [6.45, 7) is 9.90. The average molecular weight is 437 g/mol. The van der Waals surface area contributed by atoms with Crippen LogP contribution in [0.3, 0.4) is 0 Å². The van der Waals surface area contributed by atoms with Crippen LogP contribution in [0.25, 0.3) is 11.2 Å². The maximum Gasteiger partial charge on any atom is 0.332 e. The number of fused-ring (bicyclic) bond motifs is 1. The Morgan fingerprint density at radius 1 is 1.16 bits per heavy atom. The molecule has 1 unspecified atom stereocenters. The highest BCUT2D eigenvalue weighted by atomic mass is 16.2. The zero-order chi connectivity index (χ0) is 22.8. The van der Waals surface area contributed by atoms with Gasteiger partial charge in [0.1, 0.15) is 0 Å². The molecule has 32 heavy (non-hydrogen) atoms. The number of aryl methyl sites for hydroxylation is 1. The van der Waals surface area contributed by atoms with Gasteiger partial charge in [-0.25, -0.2) is 4.79 Å². The number of aromatic nitrogens is 4. The monoisotopic (exact) mass is 436 g/mol. The van der Waals surface area contributed by atoms with Crippen molar-refractivity contribution in [3.05, 3.63) is 68.4 Å². The zero-order valence-corrected chi connectivity index (χ0v) is 19.3. The fourth-order valence-electron chi connectivity index (χ4n) is 4.32. The molecule has 1 atom stereocenters.